The maximum absolute atomic E-state index is 13.7. The normalized spacial score (nSPS) is 14.2. The van der Waals surface area contributed by atoms with Gasteiger partial charge in [-0.15, -0.1) is 0 Å². The Balaban J connectivity index is 1.86. The summed E-state index contributed by atoms with van der Waals surface area (Å²) in [5.41, 5.74) is 3.01. The minimum Gasteiger partial charge on any atom is -0.478 e. The van der Waals surface area contributed by atoms with E-state index >= 15 is 0 Å². The highest BCUT2D eigenvalue weighted by molar-refractivity contribution is 6.04. The number of aromatic carboxylic acids is 1. The largest absolute Gasteiger partial charge is 0.478 e. The van der Waals surface area contributed by atoms with E-state index in [2.05, 4.69) is 13.8 Å². The number of rotatable bonds is 17. The van der Waals surface area contributed by atoms with Crippen molar-refractivity contribution in [3.05, 3.63) is 82.4 Å². The number of nitrogens with zero attached hydrogens (tertiary/aromatic N) is 1. The van der Waals surface area contributed by atoms with E-state index < -0.39 is 11.9 Å². The van der Waals surface area contributed by atoms with Gasteiger partial charge in [0.05, 0.1) is 16.8 Å². The molecule has 0 amide bonds. The Bertz CT molecular complexity index is 1060. The summed E-state index contributed by atoms with van der Waals surface area (Å²) in [6, 6.07) is 3.53. The fourth-order valence-corrected chi connectivity index (χ4v) is 5.26. The second kappa shape index (κ2) is 16.0. The number of benzene rings is 1. The Kier molecular flexibility index (Phi) is 12.4. The highest BCUT2D eigenvalue weighted by atomic mass is 16.5. The van der Waals surface area contributed by atoms with Crippen molar-refractivity contribution >= 4 is 11.9 Å². The molecule has 1 aromatic carbocycles. The lowest BCUT2D eigenvalue weighted by Crippen LogP contribution is -2.24. The van der Waals surface area contributed by atoms with Crippen molar-refractivity contribution in [3.63, 3.8) is 0 Å². The van der Waals surface area contributed by atoms with E-state index in [1.807, 2.05) is 41.5 Å². The number of hydrogen-bond donors (Lipinski definition) is 1. The van der Waals surface area contributed by atoms with Gasteiger partial charge in [-0.3, -0.25) is 0 Å². The zero-order chi connectivity index (χ0) is 27.2. The van der Waals surface area contributed by atoms with Gasteiger partial charge in [0.25, 0.3) is 0 Å². The van der Waals surface area contributed by atoms with E-state index in [9.17, 15) is 14.7 Å². The van der Waals surface area contributed by atoms with Crippen molar-refractivity contribution in [1.82, 2.24) is 4.90 Å². The molecule has 0 spiro atoms. The molecule has 5 nitrogen and oxygen atoms in total. The lowest BCUT2D eigenvalue weighted by atomic mass is 9.89. The van der Waals surface area contributed by atoms with Crippen molar-refractivity contribution < 1.29 is 19.4 Å². The average Bonchev–Trinajstić information content (AvgIpc) is 2.92. The number of fused-ring (bicyclic) bond motifs is 1. The maximum Gasteiger partial charge on any atom is 0.344 e. The molecule has 2 aliphatic heterocycles. The minimum absolute atomic E-state index is 0.0315. The van der Waals surface area contributed by atoms with Crippen LogP contribution in [-0.4, -0.2) is 28.5 Å². The molecule has 0 saturated heterocycles. The Morgan fingerprint density at radius 2 is 1.50 bits per heavy atom. The Labute approximate surface area is 229 Å². The summed E-state index contributed by atoms with van der Waals surface area (Å²) in [5.74, 6) is -1.22. The maximum atomic E-state index is 13.7. The van der Waals surface area contributed by atoms with Crippen LogP contribution in [0.2, 0.25) is 0 Å². The molecular weight excluding hydrogens is 474 g/mol. The van der Waals surface area contributed by atoms with Crippen LogP contribution in [0.4, 0.5) is 0 Å². The van der Waals surface area contributed by atoms with Crippen LogP contribution in [0.5, 0.6) is 0 Å². The van der Waals surface area contributed by atoms with E-state index in [-0.39, 0.29) is 11.1 Å². The molecule has 0 aromatic heterocycles. The predicted molar refractivity (Wildman–Crippen MR) is 154 cm³/mol. The van der Waals surface area contributed by atoms with Crippen LogP contribution in [-0.2, 0) is 17.6 Å². The fourth-order valence-electron chi connectivity index (χ4n) is 5.26. The van der Waals surface area contributed by atoms with Crippen molar-refractivity contribution in [2.45, 2.75) is 104 Å². The van der Waals surface area contributed by atoms with Gasteiger partial charge in [0.15, 0.2) is 5.76 Å². The van der Waals surface area contributed by atoms with E-state index in [0.29, 0.717) is 18.7 Å². The zero-order valence-corrected chi connectivity index (χ0v) is 23.3. The molecule has 1 aromatic rings. The summed E-state index contributed by atoms with van der Waals surface area (Å²) in [7, 11) is 0. The molecular formula is C33H45NO4. The molecule has 0 bridgehead atoms. The summed E-state index contributed by atoms with van der Waals surface area (Å²) < 4.78 is 5.93. The molecule has 3 rings (SSSR count). The van der Waals surface area contributed by atoms with Crippen LogP contribution in [0.25, 0.3) is 0 Å². The number of hydrogen-bond acceptors (Lipinski definition) is 4. The molecule has 1 N–H and O–H groups in total. The second-order valence-corrected chi connectivity index (χ2v) is 10.4. The first-order chi connectivity index (χ1) is 18.6. The average molecular weight is 520 g/mol. The van der Waals surface area contributed by atoms with Crippen molar-refractivity contribution in [1.29, 1.82) is 0 Å². The minimum atomic E-state index is -1.09. The molecule has 2 heterocycles. The first kappa shape index (κ1) is 29.5. The topological polar surface area (TPSA) is 66.8 Å². The standard InChI is InChI=1S/C33H45NO4/c1-3-5-7-9-11-13-18-26-22-23-28(32(35)36)31(27(26)19-14-12-10-8-6-4-2)33(37)38-30-21-17-25-34-24-16-15-20-29(30)34/h15-17,20-24H,3-14,18-19,25H2,1-2H3,(H,35,36). The smallest absolute Gasteiger partial charge is 0.344 e. The number of carbonyl (C=O) groups is 2. The summed E-state index contributed by atoms with van der Waals surface area (Å²) in [6.45, 7) is 5.13. The van der Waals surface area contributed by atoms with E-state index in [0.717, 1.165) is 55.3 Å². The monoisotopic (exact) mass is 519 g/mol. The lowest BCUT2D eigenvalue weighted by Gasteiger charge is -2.27. The van der Waals surface area contributed by atoms with Crippen LogP contribution < -0.4 is 0 Å². The Morgan fingerprint density at radius 1 is 0.842 bits per heavy atom. The number of esters is 1. The van der Waals surface area contributed by atoms with Gasteiger partial charge in [-0.25, -0.2) is 9.59 Å². The second-order valence-electron chi connectivity index (χ2n) is 10.4. The van der Waals surface area contributed by atoms with E-state index in [1.54, 1.807) is 12.1 Å². The highest BCUT2D eigenvalue weighted by Gasteiger charge is 2.26. The molecule has 0 radical (unpaired) electrons. The molecule has 2 aliphatic rings. The number of carbonyl (C=O) groups excluding carboxylic acids is 1. The zero-order valence-electron chi connectivity index (χ0n) is 23.3. The van der Waals surface area contributed by atoms with Crippen LogP contribution in [0, 0.1) is 0 Å². The van der Waals surface area contributed by atoms with Crippen LogP contribution in [0.3, 0.4) is 0 Å². The van der Waals surface area contributed by atoms with Gasteiger partial charge in [0, 0.05) is 12.7 Å². The first-order valence-corrected chi connectivity index (χ1v) is 14.7. The molecule has 0 saturated carbocycles. The fraction of sp³-hybridized carbons (Fsp3) is 0.515. The number of carboxylic acid groups (broad SMARTS) is 1. The SMILES string of the molecule is CCCCCCCCc1ccc(C(=O)O)c(C(=O)OC2=C3C=CC=CN3CC=C2)c1CCCCCCCC. The Morgan fingerprint density at radius 3 is 2.18 bits per heavy atom. The van der Waals surface area contributed by atoms with Gasteiger partial charge in [0.2, 0.25) is 0 Å². The molecule has 5 heteroatoms. The van der Waals surface area contributed by atoms with Gasteiger partial charge < -0.3 is 14.7 Å². The summed E-state index contributed by atoms with van der Waals surface area (Å²) >= 11 is 0. The third-order valence-corrected chi connectivity index (χ3v) is 7.39. The quantitative estimate of drug-likeness (QED) is 0.165. The highest BCUT2D eigenvalue weighted by Crippen LogP contribution is 2.29. The third-order valence-electron chi connectivity index (χ3n) is 7.39. The van der Waals surface area contributed by atoms with E-state index in [4.69, 9.17) is 4.74 Å². The summed E-state index contributed by atoms with van der Waals surface area (Å²) in [5, 5.41) is 10.0. The molecule has 0 atom stereocenters. The van der Waals surface area contributed by atoms with Crippen molar-refractivity contribution in [2.75, 3.05) is 6.54 Å². The number of allylic oxidation sites excluding steroid dienone is 4. The number of ether oxygens (including phenoxy) is 1. The molecule has 0 unspecified atom stereocenters. The number of carboxylic acids is 1. The van der Waals surface area contributed by atoms with Crippen LogP contribution in [0.15, 0.2) is 60.2 Å². The summed E-state index contributed by atoms with van der Waals surface area (Å²) in [6.07, 6.45) is 27.0. The first-order valence-electron chi connectivity index (χ1n) is 14.7. The van der Waals surface area contributed by atoms with Crippen LogP contribution >= 0.6 is 0 Å². The van der Waals surface area contributed by atoms with Gasteiger partial charge >= 0.3 is 11.9 Å². The van der Waals surface area contributed by atoms with Crippen molar-refractivity contribution in [2.24, 2.45) is 0 Å². The van der Waals surface area contributed by atoms with Gasteiger partial charge in [-0.05, 0) is 61.1 Å². The van der Waals surface area contributed by atoms with Gasteiger partial charge in [0.1, 0.15) is 0 Å². The Hall–Kier alpha value is -3.08. The number of unbranched alkanes of at least 4 members (excludes halogenated alkanes) is 10. The molecule has 206 valence electrons. The van der Waals surface area contributed by atoms with Crippen molar-refractivity contribution in [3.8, 4) is 0 Å². The van der Waals surface area contributed by atoms with Crippen LogP contribution in [0.1, 0.15) is 123 Å². The molecule has 38 heavy (non-hydrogen) atoms. The van der Waals surface area contributed by atoms with Gasteiger partial charge in [-0.2, -0.15) is 0 Å². The molecule has 0 aliphatic carbocycles. The summed E-state index contributed by atoms with van der Waals surface area (Å²) in [4.78, 5) is 28.0. The van der Waals surface area contributed by atoms with Gasteiger partial charge in [-0.1, -0.05) is 96.3 Å². The lowest BCUT2D eigenvalue weighted by molar-refractivity contribution is 0.0604. The predicted octanol–water partition coefficient (Wildman–Crippen LogP) is 8.51. The number of aryl methyl sites for hydroxylation is 1. The molecule has 0 fully saturated rings. The third kappa shape index (κ3) is 8.47. The van der Waals surface area contributed by atoms with E-state index in [1.165, 1.54) is 44.9 Å².